The molecule has 0 spiro atoms. The van der Waals surface area contributed by atoms with Crippen LogP contribution in [0.3, 0.4) is 0 Å². The fourth-order valence-corrected chi connectivity index (χ4v) is 3.50. The normalized spacial score (nSPS) is 18.5. The van der Waals surface area contributed by atoms with Crippen molar-refractivity contribution in [2.75, 3.05) is 32.5 Å². The van der Waals surface area contributed by atoms with Gasteiger partial charge < -0.3 is 9.64 Å². The summed E-state index contributed by atoms with van der Waals surface area (Å²) < 4.78 is 30.5. The Hall–Kier alpha value is -1.31. The van der Waals surface area contributed by atoms with E-state index in [1.165, 1.54) is 0 Å². The van der Waals surface area contributed by atoms with Gasteiger partial charge in [-0.25, -0.2) is 13.1 Å². The Morgan fingerprint density at radius 1 is 1.46 bits per heavy atom. The Morgan fingerprint density at radius 2 is 2.21 bits per heavy atom. The molecular formula is C16H23ClN2O4S. The smallest absolute Gasteiger partial charge is 0.260 e. The summed E-state index contributed by atoms with van der Waals surface area (Å²) in [6.45, 7) is 3.43. The lowest BCUT2D eigenvalue weighted by Crippen LogP contribution is -2.45. The highest BCUT2D eigenvalue weighted by molar-refractivity contribution is 7.88. The highest BCUT2D eigenvalue weighted by Crippen LogP contribution is 2.22. The van der Waals surface area contributed by atoms with Crippen LogP contribution in [0.25, 0.3) is 0 Å². The summed E-state index contributed by atoms with van der Waals surface area (Å²) in [7, 11) is -3.20. The number of ether oxygens (including phenoxy) is 1. The van der Waals surface area contributed by atoms with E-state index < -0.39 is 10.0 Å². The van der Waals surface area contributed by atoms with Crippen molar-refractivity contribution in [3.05, 3.63) is 28.8 Å². The maximum Gasteiger partial charge on any atom is 0.260 e. The number of nitrogens with one attached hydrogen (secondary N) is 1. The summed E-state index contributed by atoms with van der Waals surface area (Å²) in [5.41, 5.74) is 0.879. The van der Waals surface area contributed by atoms with Crippen LogP contribution in [0.15, 0.2) is 18.2 Å². The van der Waals surface area contributed by atoms with Crippen molar-refractivity contribution < 1.29 is 17.9 Å². The number of likely N-dealkylation sites (tertiary alicyclic amines) is 1. The van der Waals surface area contributed by atoms with Crippen LogP contribution in [-0.4, -0.2) is 51.7 Å². The number of hydrogen-bond acceptors (Lipinski definition) is 4. The third-order valence-corrected chi connectivity index (χ3v) is 4.92. The first-order valence-corrected chi connectivity index (χ1v) is 10.1. The molecule has 1 aromatic rings. The highest BCUT2D eigenvalue weighted by atomic mass is 35.5. The number of hydrogen-bond donors (Lipinski definition) is 1. The third kappa shape index (κ3) is 5.96. The molecule has 1 N–H and O–H groups in total. The molecule has 0 aromatic heterocycles. The van der Waals surface area contributed by atoms with Crippen molar-refractivity contribution in [2.45, 2.75) is 19.8 Å². The lowest BCUT2D eigenvalue weighted by Gasteiger charge is -2.32. The predicted molar refractivity (Wildman–Crippen MR) is 93.8 cm³/mol. The summed E-state index contributed by atoms with van der Waals surface area (Å²) in [5.74, 6) is 0.683. The minimum atomic E-state index is -3.20. The Morgan fingerprint density at radius 3 is 2.88 bits per heavy atom. The molecule has 0 saturated carbocycles. The van der Waals surface area contributed by atoms with Crippen LogP contribution in [0.2, 0.25) is 5.02 Å². The zero-order valence-electron chi connectivity index (χ0n) is 13.9. The molecule has 0 bridgehead atoms. The molecule has 6 nitrogen and oxygen atoms in total. The SMILES string of the molecule is Cc1cc(Cl)ccc1OCC(=O)N1CCCC(CNS(C)(=O)=O)C1. The van der Waals surface area contributed by atoms with Crippen LogP contribution in [0.4, 0.5) is 0 Å². The highest BCUT2D eigenvalue weighted by Gasteiger charge is 2.24. The average Bonchev–Trinajstić information content (AvgIpc) is 2.51. The Kier molecular flexibility index (Phi) is 6.48. The van der Waals surface area contributed by atoms with Gasteiger partial charge in [-0.2, -0.15) is 0 Å². The van der Waals surface area contributed by atoms with Gasteiger partial charge in [-0.15, -0.1) is 0 Å². The van der Waals surface area contributed by atoms with E-state index in [9.17, 15) is 13.2 Å². The van der Waals surface area contributed by atoms with E-state index in [0.717, 1.165) is 24.7 Å². The second kappa shape index (κ2) is 8.18. The van der Waals surface area contributed by atoms with E-state index in [0.29, 0.717) is 30.4 Å². The molecule has 1 aliphatic rings. The quantitative estimate of drug-likeness (QED) is 0.824. The van der Waals surface area contributed by atoms with E-state index in [4.69, 9.17) is 16.3 Å². The third-order valence-electron chi connectivity index (χ3n) is 3.99. The minimum Gasteiger partial charge on any atom is -0.483 e. The van der Waals surface area contributed by atoms with Gasteiger partial charge in [0.25, 0.3) is 5.91 Å². The molecule has 134 valence electrons. The molecule has 1 saturated heterocycles. The summed E-state index contributed by atoms with van der Waals surface area (Å²) in [6, 6.07) is 5.26. The van der Waals surface area contributed by atoms with Gasteiger partial charge in [0.2, 0.25) is 10.0 Å². The molecule has 1 unspecified atom stereocenters. The first kappa shape index (κ1) is 19.0. The fourth-order valence-electron chi connectivity index (χ4n) is 2.73. The predicted octanol–water partition coefficient (Wildman–Crippen LogP) is 1.82. The number of sulfonamides is 1. The zero-order valence-corrected chi connectivity index (χ0v) is 15.5. The summed E-state index contributed by atoms with van der Waals surface area (Å²) in [5, 5.41) is 0.628. The lowest BCUT2D eigenvalue weighted by atomic mass is 9.98. The maximum atomic E-state index is 12.3. The van der Waals surface area contributed by atoms with Crippen LogP contribution in [-0.2, 0) is 14.8 Å². The van der Waals surface area contributed by atoms with Gasteiger partial charge >= 0.3 is 0 Å². The van der Waals surface area contributed by atoms with Crippen LogP contribution in [0, 0.1) is 12.8 Å². The standard InChI is InChI=1S/C16H23ClN2O4S/c1-12-8-14(17)5-6-15(12)23-11-16(20)19-7-3-4-13(10-19)9-18-24(2,21)22/h5-6,8,13,18H,3-4,7,9-11H2,1-2H3. The fraction of sp³-hybridized carbons (Fsp3) is 0.562. The lowest BCUT2D eigenvalue weighted by molar-refractivity contribution is -0.135. The van der Waals surface area contributed by atoms with Gasteiger partial charge in [0.15, 0.2) is 6.61 Å². The average molecular weight is 375 g/mol. The van der Waals surface area contributed by atoms with E-state index in [1.54, 1.807) is 23.1 Å². The van der Waals surface area contributed by atoms with Gasteiger partial charge in [-0.05, 0) is 49.4 Å². The Balaban J connectivity index is 1.85. The molecule has 24 heavy (non-hydrogen) atoms. The van der Waals surface area contributed by atoms with Gasteiger partial charge in [0, 0.05) is 24.7 Å². The summed E-state index contributed by atoms with van der Waals surface area (Å²) in [6.07, 6.45) is 2.91. The van der Waals surface area contributed by atoms with Crippen molar-refractivity contribution >= 4 is 27.5 Å². The molecular weight excluding hydrogens is 352 g/mol. The monoisotopic (exact) mass is 374 g/mol. The van der Waals surface area contributed by atoms with Gasteiger partial charge in [-0.1, -0.05) is 11.6 Å². The number of nitrogens with zero attached hydrogens (tertiary/aromatic N) is 1. The molecule has 1 aromatic carbocycles. The first-order valence-electron chi connectivity index (χ1n) is 7.86. The molecule has 8 heteroatoms. The van der Waals surface area contributed by atoms with Crippen molar-refractivity contribution in [3.8, 4) is 5.75 Å². The number of rotatable bonds is 6. The van der Waals surface area contributed by atoms with E-state index in [1.807, 2.05) is 6.92 Å². The van der Waals surface area contributed by atoms with Crippen molar-refractivity contribution in [1.82, 2.24) is 9.62 Å². The van der Waals surface area contributed by atoms with Gasteiger partial charge in [0.05, 0.1) is 6.26 Å². The second-order valence-electron chi connectivity index (χ2n) is 6.17. The van der Waals surface area contributed by atoms with Crippen LogP contribution in [0.5, 0.6) is 5.75 Å². The Labute approximate surface area is 148 Å². The van der Waals surface area contributed by atoms with Gasteiger partial charge in [-0.3, -0.25) is 4.79 Å². The molecule has 1 fully saturated rings. The van der Waals surface area contributed by atoms with Crippen LogP contribution < -0.4 is 9.46 Å². The molecule has 1 heterocycles. The van der Waals surface area contributed by atoms with Crippen LogP contribution >= 0.6 is 11.6 Å². The second-order valence-corrected chi connectivity index (χ2v) is 8.44. The molecule has 1 amide bonds. The van der Waals surface area contributed by atoms with Crippen LogP contribution in [0.1, 0.15) is 18.4 Å². The summed E-state index contributed by atoms with van der Waals surface area (Å²) in [4.78, 5) is 14.1. The zero-order chi connectivity index (χ0) is 17.7. The number of piperidine rings is 1. The number of halogens is 1. The number of carbonyl (C=O) groups excluding carboxylic acids is 1. The Bertz CT molecular complexity index is 693. The summed E-state index contributed by atoms with van der Waals surface area (Å²) >= 11 is 5.90. The van der Waals surface area contributed by atoms with E-state index in [-0.39, 0.29) is 18.4 Å². The van der Waals surface area contributed by atoms with Gasteiger partial charge in [0.1, 0.15) is 5.75 Å². The van der Waals surface area contributed by atoms with Crippen molar-refractivity contribution in [1.29, 1.82) is 0 Å². The van der Waals surface area contributed by atoms with E-state index >= 15 is 0 Å². The molecule has 1 atom stereocenters. The minimum absolute atomic E-state index is 0.0330. The molecule has 0 radical (unpaired) electrons. The maximum absolute atomic E-state index is 12.3. The van der Waals surface area contributed by atoms with E-state index in [2.05, 4.69) is 4.72 Å². The number of benzene rings is 1. The van der Waals surface area contributed by atoms with Crippen molar-refractivity contribution in [2.24, 2.45) is 5.92 Å². The molecule has 2 rings (SSSR count). The number of aryl methyl sites for hydroxylation is 1. The molecule has 0 aliphatic carbocycles. The first-order chi connectivity index (χ1) is 11.2. The largest absolute Gasteiger partial charge is 0.483 e. The van der Waals surface area contributed by atoms with Crippen molar-refractivity contribution in [3.63, 3.8) is 0 Å². The number of amides is 1. The number of carbonyl (C=O) groups is 1. The topological polar surface area (TPSA) is 75.7 Å². The molecule has 1 aliphatic heterocycles.